The SMILES string of the molecule is COC(=O)c1c(-c2c(Cl)cccc2Cl)noc1Nc1nc(C)cc(C)n1. The Balaban J connectivity index is 2.13. The van der Waals surface area contributed by atoms with Crippen molar-refractivity contribution in [1.82, 2.24) is 15.1 Å². The highest BCUT2D eigenvalue weighted by molar-refractivity contribution is 6.39. The number of aryl methyl sites for hydroxylation is 2. The summed E-state index contributed by atoms with van der Waals surface area (Å²) < 4.78 is 10.2. The third kappa shape index (κ3) is 3.49. The van der Waals surface area contributed by atoms with Crippen LogP contribution in [0.1, 0.15) is 21.7 Å². The Bertz CT molecular complexity index is 948. The molecule has 7 nitrogen and oxygen atoms in total. The Morgan fingerprint density at radius 2 is 1.77 bits per heavy atom. The Morgan fingerprint density at radius 3 is 2.35 bits per heavy atom. The number of nitrogens with one attached hydrogen (secondary N) is 1. The van der Waals surface area contributed by atoms with E-state index in [1.165, 1.54) is 7.11 Å². The third-order valence-corrected chi connectivity index (χ3v) is 4.12. The van der Waals surface area contributed by atoms with E-state index in [1.807, 2.05) is 19.9 Å². The van der Waals surface area contributed by atoms with Crippen LogP contribution in [0.25, 0.3) is 11.3 Å². The molecular weight excluding hydrogens is 379 g/mol. The smallest absolute Gasteiger partial charge is 0.345 e. The average molecular weight is 393 g/mol. The highest BCUT2D eigenvalue weighted by Crippen LogP contribution is 2.38. The van der Waals surface area contributed by atoms with Crippen molar-refractivity contribution >= 4 is 41.0 Å². The maximum absolute atomic E-state index is 12.3. The molecule has 0 saturated carbocycles. The molecule has 134 valence electrons. The molecule has 0 atom stereocenters. The van der Waals surface area contributed by atoms with Gasteiger partial charge in [-0.25, -0.2) is 14.8 Å². The number of carbonyl (C=O) groups is 1. The molecular formula is C17H14Cl2N4O3. The number of hydrogen-bond acceptors (Lipinski definition) is 7. The maximum Gasteiger partial charge on any atom is 0.345 e. The molecule has 2 heterocycles. The largest absolute Gasteiger partial charge is 0.465 e. The number of anilines is 2. The highest BCUT2D eigenvalue weighted by Gasteiger charge is 2.28. The summed E-state index contributed by atoms with van der Waals surface area (Å²) in [6.07, 6.45) is 0. The van der Waals surface area contributed by atoms with Gasteiger partial charge in [0.15, 0.2) is 5.56 Å². The fourth-order valence-corrected chi connectivity index (χ4v) is 3.02. The van der Waals surface area contributed by atoms with E-state index in [1.54, 1.807) is 18.2 Å². The fourth-order valence-electron chi connectivity index (χ4n) is 2.44. The molecule has 26 heavy (non-hydrogen) atoms. The summed E-state index contributed by atoms with van der Waals surface area (Å²) in [5.74, 6) is -0.363. The zero-order valence-corrected chi connectivity index (χ0v) is 15.6. The second-order valence-corrected chi connectivity index (χ2v) is 6.24. The van der Waals surface area contributed by atoms with Crippen LogP contribution in [0.3, 0.4) is 0 Å². The summed E-state index contributed by atoms with van der Waals surface area (Å²) in [5.41, 5.74) is 2.10. The number of methoxy groups -OCH3 is 1. The van der Waals surface area contributed by atoms with Crippen molar-refractivity contribution in [2.45, 2.75) is 13.8 Å². The minimum atomic E-state index is -0.663. The monoisotopic (exact) mass is 392 g/mol. The van der Waals surface area contributed by atoms with Gasteiger partial charge in [0, 0.05) is 17.0 Å². The van der Waals surface area contributed by atoms with Gasteiger partial charge in [0.25, 0.3) is 0 Å². The molecule has 0 aliphatic rings. The van der Waals surface area contributed by atoms with Gasteiger partial charge in [-0.2, -0.15) is 0 Å². The molecule has 0 bridgehead atoms. The molecule has 0 fully saturated rings. The number of nitrogens with zero attached hydrogens (tertiary/aromatic N) is 3. The van der Waals surface area contributed by atoms with Crippen LogP contribution in [-0.2, 0) is 4.74 Å². The van der Waals surface area contributed by atoms with Crippen molar-refractivity contribution in [3.63, 3.8) is 0 Å². The van der Waals surface area contributed by atoms with Crippen molar-refractivity contribution in [3.8, 4) is 11.3 Å². The van der Waals surface area contributed by atoms with Crippen LogP contribution in [-0.4, -0.2) is 28.2 Å². The number of carbonyl (C=O) groups excluding carboxylic acids is 1. The van der Waals surface area contributed by atoms with Gasteiger partial charge >= 0.3 is 5.97 Å². The second kappa shape index (κ2) is 7.31. The van der Waals surface area contributed by atoms with Crippen LogP contribution in [0, 0.1) is 13.8 Å². The first-order valence-electron chi connectivity index (χ1n) is 7.52. The van der Waals surface area contributed by atoms with Gasteiger partial charge < -0.3 is 9.26 Å². The lowest BCUT2D eigenvalue weighted by Gasteiger charge is -2.07. The Kier molecular flexibility index (Phi) is 5.11. The summed E-state index contributed by atoms with van der Waals surface area (Å²) >= 11 is 12.5. The predicted octanol–water partition coefficient (Wildman–Crippen LogP) is 4.59. The summed E-state index contributed by atoms with van der Waals surface area (Å²) in [4.78, 5) is 20.9. The molecule has 0 saturated heterocycles. The minimum Gasteiger partial charge on any atom is -0.465 e. The Morgan fingerprint density at radius 1 is 1.15 bits per heavy atom. The molecule has 3 rings (SSSR count). The summed E-state index contributed by atoms with van der Waals surface area (Å²) in [5, 5.41) is 7.46. The van der Waals surface area contributed by atoms with E-state index in [9.17, 15) is 4.79 Å². The van der Waals surface area contributed by atoms with Gasteiger partial charge in [-0.05, 0) is 32.0 Å². The molecule has 0 aliphatic heterocycles. The normalized spacial score (nSPS) is 10.7. The quantitative estimate of drug-likeness (QED) is 0.649. The molecule has 1 N–H and O–H groups in total. The second-order valence-electron chi connectivity index (χ2n) is 5.42. The van der Waals surface area contributed by atoms with E-state index in [4.69, 9.17) is 32.5 Å². The number of hydrogen-bond donors (Lipinski definition) is 1. The first-order valence-corrected chi connectivity index (χ1v) is 8.28. The number of ether oxygens (including phenoxy) is 1. The Labute approximate surface area is 159 Å². The Hall–Kier alpha value is -2.64. The third-order valence-electron chi connectivity index (χ3n) is 3.49. The topological polar surface area (TPSA) is 90.1 Å². The molecule has 3 aromatic rings. The zero-order chi connectivity index (χ0) is 18.8. The number of aromatic nitrogens is 3. The molecule has 2 aromatic heterocycles. The molecule has 0 spiro atoms. The molecule has 0 radical (unpaired) electrons. The van der Waals surface area contributed by atoms with E-state index in [-0.39, 0.29) is 23.1 Å². The van der Waals surface area contributed by atoms with Crippen molar-refractivity contribution < 1.29 is 14.1 Å². The summed E-state index contributed by atoms with van der Waals surface area (Å²) in [7, 11) is 1.25. The van der Waals surface area contributed by atoms with Gasteiger partial charge in [-0.3, -0.25) is 5.32 Å². The number of rotatable bonds is 4. The van der Waals surface area contributed by atoms with Gasteiger partial charge in [-0.1, -0.05) is 34.4 Å². The standard InChI is InChI=1S/C17H14Cl2N4O3/c1-8-7-9(2)21-17(20-8)22-15-13(16(24)25-3)14(23-26-15)12-10(18)5-4-6-11(12)19/h4-7H,1-3H3,(H,20,21,22). The van der Waals surface area contributed by atoms with Crippen molar-refractivity contribution in [2.75, 3.05) is 12.4 Å². The molecule has 9 heteroatoms. The summed E-state index contributed by atoms with van der Waals surface area (Å²) in [6.45, 7) is 3.66. The molecule has 0 amide bonds. The first kappa shape index (κ1) is 18.2. The summed E-state index contributed by atoms with van der Waals surface area (Å²) in [6, 6.07) is 6.79. The van der Waals surface area contributed by atoms with Crippen LogP contribution in [0.15, 0.2) is 28.8 Å². The molecule has 0 unspecified atom stereocenters. The van der Waals surface area contributed by atoms with Gasteiger partial charge in [0.05, 0.1) is 17.2 Å². The first-order chi connectivity index (χ1) is 12.4. The lowest BCUT2D eigenvalue weighted by atomic mass is 10.1. The number of halogens is 2. The average Bonchev–Trinajstić information content (AvgIpc) is 2.96. The van der Waals surface area contributed by atoms with Crippen molar-refractivity contribution in [1.29, 1.82) is 0 Å². The van der Waals surface area contributed by atoms with E-state index < -0.39 is 5.97 Å². The predicted molar refractivity (Wildman–Crippen MR) is 98.1 cm³/mol. The highest BCUT2D eigenvalue weighted by atomic mass is 35.5. The number of benzene rings is 1. The zero-order valence-electron chi connectivity index (χ0n) is 14.1. The van der Waals surface area contributed by atoms with Crippen molar-refractivity contribution in [3.05, 3.63) is 51.3 Å². The van der Waals surface area contributed by atoms with Crippen molar-refractivity contribution in [2.24, 2.45) is 0 Å². The van der Waals surface area contributed by atoms with Crippen LogP contribution >= 0.6 is 23.2 Å². The van der Waals surface area contributed by atoms with E-state index in [2.05, 4.69) is 20.4 Å². The lowest BCUT2D eigenvalue weighted by molar-refractivity contribution is 0.0602. The van der Waals surface area contributed by atoms with Gasteiger partial charge in [0.1, 0.15) is 5.69 Å². The van der Waals surface area contributed by atoms with E-state index in [0.717, 1.165) is 11.4 Å². The van der Waals surface area contributed by atoms with Crippen LogP contribution in [0.4, 0.5) is 11.8 Å². The van der Waals surface area contributed by atoms with Crippen LogP contribution in [0.2, 0.25) is 10.0 Å². The lowest BCUT2D eigenvalue weighted by Crippen LogP contribution is -2.07. The molecule has 1 aromatic carbocycles. The van der Waals surface area contributed by atoms with Gasteiger partial charge in [0.2, 0.25) is 11.8 Å². The fraction of sp³-hybridized carbons (Fsp3) is 0.176. The van der Waals surface area contributed by atoms with Gasteiger partial charge in [-0.15, -0.1) is 0 Å². The minimum absolute atomic E-state index is 0.0350. The molecule has 0 aliphatic carbocycles. The maximum atomic E-state index is 12.3. The van der Waals surface area contributed by atoms with Crippen LogP contribution in [0.5, 0.6) is 0 Å². The number of esters is 1. The van der Waals surface area contributed by atoms with E-state index in [0.29, 0.717) is 15.6 Å². The van der Waals surface area contributed by atoms with E-state index >= 15 is 0 Å². The van der Waals surface area contributed by atoms with Crippen LogP contribution < -0.4 is 5.32 Å².